The molecule has 70 valence electrons. The molecule has 0 aliphatic carbocycles. The van der Waals surface area contributed by atoms with E-state index in [1.807, 2.05) is 0 Å². The number of nitrogens with two attached hydrogens (primary N) is 2. The minimum atomic E-state index is -0.704. The maximum absolute atomic E-state index is 10.7. The molecule has 0 fully saturated rings. The highest BCUT2D eigenvalue weighted by molar-refractivity contribution is 5.82. The van der Waals surface area contributed by atoms with Crippen molar-refractivity contribution in [1.82, 2.24) is 15.0 Å². The molecule has 1 heterocycles. The molecular weight excluding hydrogens is 176 g/mol. The van der Waals surface area contributed by atoms with E-state index < -0.39 is 6.09 Å². The lowest BCUT2D eigenvalue weighted by molar-refractivity contribution is 0.186. The van der Waals surface area contributed by atoms with E-state index in [-0.39, 0.29) is 17.8 Å². The highest BCUT2D eigenvalue weighted by Gasteiger charge is 2.05. The van der Waals surface area contributed by atoms with Crippen molar-refractivity contribution in [2.24, 2.45) is 0 Å². The number of nitrogen functional groups attached to an aromatic ring is 2. The molecule has 0 aliphatic heterocycles. The Kier molecular flexibility index (Phi) is 2.43. The van der Waals surface area contributed by atoms with Crippen molar-refractivity contribution < 1.29 is 9.53 Å². The summed E-state index contributed by atoms with van der Waals surface area (Å²) in [6.07, 6.45) is -0.704. The van der Waals surface area contributed by atoms with Crippen LogP contribution in [0.25, 0.3) is 0 Å². The number of amides is 1. The van der Waals surface area contributed by atoms with Crippen LogP contribution in [-0.4, -0.2) is 28.2 Å². The van der Waals surface area contributed by atoms with E-state index in [0.717, 1.165) is 0 Å². The van der Waals surface area contributed by atoms with E-state index in [0.29, 0.717) is 0 Å². The van der Waals surface area contributed by atoms with E-state index in [4.69, 9.17) is 11.5 Å². The Morgan fingerprint density at radius 2 is 1.85 bits per heavy atom. The summed E-state index contributed by atoms with van der Waals surface area (Å²) >= 11 is 0. The first-order chi connectivity index (χ1) is 6.11. The van der Waals surface area contributed by atoms with E-state index in [2.05, 4.69) is 25.0 Å². The van der Waals surface area contributed by atoms with Crippen LogP contribution < -0.4 is 16.8 Å². The fourth-order valence-electron chi connectivity index (χ4n) is 0.608. The molecule has 1 rings (SSSR count). The fraction of sp³-hybridized carbons (Fsp3) is 0.200. The highest BCUT2D eigenvalue weighted by atomic mass is 16.5. The molecule has 0 aromatic carbocycles. The van der Waals surface area contributed by atoms with Gasteiger partial charge in [-0.25, -0.2) is 4.79 Å². The second kappa shape index (κ2) is 3.52. The summed E-state index contributed by atoms with van der Waals surface area (Å²) in [4.78, 5) is 21.4. The monoisotopic (exact) mass is 184 g/mol. The quantitative estimate of drug-likeness (QED) is 0.521. The van der Waals surface area contributed by atoms with Gasteiger partial charge in [0.15, 0.2) is 0 Å². The summed E-state index contributed by atoms with van der Waals surface area (Å²) in [6, 6.07) is 0. The third kappa shape index (κ3) is 2.43. The zero-order valence-corrected chi connectivity index (χ0v) is 6.81. The van der Waals surface area contributed by atoms with Crippen molar-refractivity contribution in [2.45, 2.75) is 0 Å². The largest absolute Gasteiger partial charge is 0.453 e. The molecule has 8 nitrogen and oxygen atoms in total. The van der Waals surface area contributed by atoms with Crippen molar-refractivity contribution >= 4 is 23.9 Å². The van der Waals surface area contributed by atoms with Gasteiger partial charge in [0.1, 0.15) is 0 Å². The number of nitrogens with zero attached hydrogens (tertiary/aromatic N) is 3. The van der Waals surface area contributed by atoms with Gasteiger partial charge in [-0.1, -0.05) is 0 Å². The third-order valence-corrected chi connectivity index (χ3v) is 1.07. The number of methoxy groups -OCH3 is 1. The normalized spacial score (nSPS) is 9.31. The molecule has 5 N–H and O–H groups in total. The molecule has 0 saturated carbocycles. The number of carbonyl (C=O) groups is 1. The smallest absolute Gasteiger partial charge is 0.413 e. The molecule has 1 amide bonds. The van der Waals surface area contributed by atoms with Crippen LogP contribution in [0.3, 0.4) is 0 Å². The number of rotatable bonds is 1. The number of aromatic nitrogens is 3. The summed E-state index contributed by atoms with van der Waals surface area (Å²) in [5, 5.41) is 2.19. The predicted octanol–water partition coefficient (Wildman–Crippen LogP) is -0.786. The number of hydrogen-bond acceptors (Lipinski definition) is 7. The van der Waals surface area contributed by atoms with Gasteiger partial charge in [-0.2, -0.15) is 15.0 Å². The number of anilines is 3. The van der Waals surface area contributed by atoms with Gasteiger partial charge in [0.25, 0.3) is 0 Å². The van der Waals surface area contributed by atoms with Gasteiger partial charge < -0.3 is 16.2 Å². The van der Waals surface area contributed by atoms with Gasteiger partial charge >= 0.3 is 6.09 Å². The third-order valence-electron chi connectivity index (χ3n) is 1.07. The number of carbonyl (C=O) groups excluding carboxylic acids is 1. The molecule has 0 radical (unpaired) electrons. The molecule has 0 atom stereocenters. The zero-order chi connectivity index (χ0) is 9.84. The van der Waals surface area contributed by atoms with Crippen LogP contribution in [0.15, 0.2) is 0 Å². The first kappa shape index (κ1) is 8.97. The standard InChI is InChI=1S/C5H8N6O2/c1-13-5(12)11-4-9-2(6)8-3(7)10-4/h1H3,(H5,6,7,8,9,10,11,12). The van der Waals surface area contributed by atoms with Crippen molar-refractivity contribution in [3.63, 3.8) is 0 Å². The Balaban J connectivity index is 2.83. The molecule has 0 spiro atoms. The molecule has 13 heavy (non-hydrogen) atoms. The van der Waals surface area contributed by atoms with Gasteiger partial charge in [-0.05, 0) is 0 Å². The van der Waals surface area contributed by atoms with Crippen molar-refractivity contribution in [1.29, 1.82) is 0 Å². The van der Waals surface area contributed by atoms with Gasteiger partial charge in [0.2, 0.25) is 17.8 Å². The number of hydrogen-bond donors (Lipinski definition) is 3. The minimum absolute atomic E-state index is 0.0446. The Morgan fingerprint density at radius 3 is 2.31 bits per heavy atom. The van der Waals surface area contributed by atoms with Crippen molar-refractivity contribution in [3.05, 3.63) is 0 Å². The average molecular weight is 184 g/mol. The van der Waals surface area contributed by atoms with Crippen LogP contribution in [0.2, 0.25) is 0 Å². The maximum Gasteiger partial charge on any atom is 0.413 e. The summed E-state index contributed by atoms with van der Waals surface area (Å²) in [5.41, 5.74) is 10.5. The van der Waals surface area contributed by atoms with Crippen LogP contribution in [0.1, 0.15) is 0 Å². The number of ether oxygens (including phenoxy) is 1. The van der Waals surface area contributed by atoms with Crippen LogP contribution in [-0.2, 0) is 4.74 Å². The maximum atomic E-state index is 10.7. The molecule has 8 heteroatoms. The van der Waals surface area contributed by atoms with E-state index in [9.17, 15) is 4.79 Å². The lowest BCUT2D eigenvalue weighted by Gasteiger charge is -2.02. The summed E-state index contributed by atoms with van der Waals surface area (Å²) in [7, 11) is 1.21. The van der Waals surface area contributed by atoms with Crippen LogP contribution >= 0.6 is 0 Å². The van der Waals surface area contributed by atoms with E-state index in [1.165, 1.54) is 7.11 Å². The first-order valence-corrected chi connectivity index (χ1v) is 3.24. The molecular formula is C5H8N6O2. The first-order valence-electron chi connectivity index (χ1n) is 3.24. The predicted molar refractivity (Wildman–Crippen MR) is 44.7 cm³/mol. The Hall–Kier alpha value is -2.12. The van der Waals surface area contributed by atoms with Crippen molar-refractivity contribution in [3.8, 4) is 0 Å². The summed E-state index contributed by atoms with van der Waals surface area (Å²) in [6.45, 7) is 0. The summed E-state index contributed by atoms with van der Waals surface area (Å²) in [5.74, 6) is -0.186. The molecule has 0 bridgehead atoms. The average Bonchev–Trinajstić information content (AvgIpc) is 2.02. The van der Waals surface area contributed by atoms with Crippen LogP contribution in [0, 0.1) is 0 Å². The molecule has 0 aliphatic rings. The van der Waals surface area contributed by atoms with E-state index >= 15 is 0 Å². The lowest BCUT2D eigenvalue weighted by Crippen LogP contribution is -2.15. The second-order valence-electron chi connectivity index (χ2n) is 1.99. The minimum Gasteiger partial charge on any atom is -0.453 e. The lowest BCUT2D eigenvalue weighted by atomic mass is 10.8. The second-order valence-corrected chi connectivity index (χ2v) is 1.99. The van der Waals surface area contributed by atoms with E-state index in [1.54, 1.807) is 0 Å². The van der Waals surface area contributed by atoms with Crippen LogP contribution in [0.4, 0.5) is 22.6 Å². The van der Waals surface area contributed by atoms with Gasteiger partial charge in [0.05, 0.1) is 7.11 Å². The van der Waals surface area contributed by atoms with Gasteiger partial charge in [0, 0.05) is 0 Å². The molecule has 1 aromatic rings. The Labute approximate surface area is 73.3 Å². The van der Waals surface area contributed by atoms with Crippen LogP contribution in [0.5, 0.6) is 0 Å². The van der Waals surface area contributed by atoms with Gasteiger partial charge in [-0.15, -0.1) is 0 Å². The molecule has 1 aromatic heterocycles. The highest BCUT2D eigenvalue weighted by Crippen LogP contribution is 2.03. The fourth-order valence-corrected chi connectivity index (χ4v) is 0.608. The van der Waals surface area contributed by atoms with Gasteiger partial charge in [-0.3, -0.25) is 5.32 Å². The molecule has 0 saturated heterocycles. The Bertz CT molecular complexity index is 307. The zero-order valence-electron chi connectivity index (χ0n) is 6.81. The molecule has 0 unspecified atom stereocenters. The topological polar surface area (TPSA) is 129 Å². The SMILES string of the molecule is COC(=O)Nc1nc(N)nc(N)n1. The van der Waals surface area contributed by atoms with Crippen molar-refractivity contribution in [2.75, 3.05) is 23.9 Å². The summed E-state index contributed by atoms with van der Waals surface area (Å²) < 4.78 is 4.30. The Morgan fingerprint density at radius 1 is 1.31 bits per heavy atom. The number of nitrogens with one attached hydrogen (secondary N) is 1.